The number of benzene rings is 1. The fraction of sp³-hybridized carbons (Fsp3) is 0.250. The third-order valence-corrected chi connectivity index (χ3v) is 2.08. The highest BCUT2D eigenvalue weighted by Crippen LogP contribution is 2.17. The summed E-state index contributed by atoms with van der Waals surface area (Å²) in [4.78, 5) is 4.28. The zero-order chi connectivity index (χ0) is 10.5. The molecule has 1 aromatic carbocycles. The van der Waals surface area contributed by atoms with E-state index in [0.29, 0.717) is 6.61 Å². The molecule has 0 saturated carbocycles. The van der Waals surface area contributed by atoms with Crippen LogP contribution in [0.2, 0.25) is 0 Å². The molecule has 0 bridgehead atoms. The number of hydrogen-bond acceptors (Lipinski definition) is 3. The number of pyridine rings is 1. The fourth-order valence-corrected chi connectivity index (χ4v) is 1.32. The molecule has 0 atom stereocenters. The number of aromatic nitrogens is 1. The van der Waals surface area contributed by atoms with Crippen molar-refractivity contribution in [1.82, 2.24) is 4.98 Å². The molecule has 0 N–H and O–H groups in total. The highest BCUT2D eigenvalue weighted by Gasteiger charge is 1.97. The SMILES string of the molecule is CCOCOc1cnc2ccccc2c1. The fourth-order valence-electron chi connectivity index (χ4n) is 1.32. The lowest BCUT2D eigenvalue weighted by atomic mass is 10.2. The van der Waals surface area contributed by atoms with E-state index in [1.165, 1.54) is 0 Å². The second-order valence-corrected chi connectivity index (χ2v) is 3.12. The maximum Gasteiger partial charge on any atom is 0.189 e. The minimum Gasteiger partial charge on any atom is -0.466 e. The Morgan fingerprint density at radius 2 is 2.13 bits per heavy atom. The van der Waals surface area contributed by atoms with E-state index < -0.39 is 0 Å². The highest BCUT2D eigenvalue weighted by atomic mass is 16.7. The highest BCUT2D eigenvalue weighted by molar-refractivity contribution is 5.79. The average molecular weight is 203 g/mol. The molecule has 0 radical (unpaired) electrons. The third kappa shape index (κ3) is 2.44. The van der Waals surface area contributed by atoms with Gasteiger partial charge in [0.15, 0.2) is 6.79 Å². The van der Waals surface area contributed by atoms with Crippen LogP contribution in [-0.2, 0) is 4.74 Å². The van der Waals surface area contributed by atoms with Crippen molar-refractivity contribution >= 4 is 10.9 Å². The predicted octanol–water partition coefficient (Wildman–Crippen LogP) is 2.61. The molecule has 1 aromatic heterocycles. The summed E-state index contributed by atoms with van der Waals surface area (Å²) in [7, 11) is 0. The van der Waals surface area contributed by atoms with Gasteiger partial charge in [0.25, 0.3) is 0 Å². The van der Waals surface area contributed by atoms with Crippen LogP contribution in [0.5, 0.6) is 5.75 Å². The smallest absolute Gasteiger partial charge is 0.189 e. The van der Waals surface area contributed by atoms with Crippen LogP contribution in [0.25, 0.3) is 10.9 Å². The Morgan fingerprint density at radius 3 is 3.00 bits per heavy atom. The first-order chi connectivity index (χ1) is 7.40. The van der Waals surface area contributed by atoms with Crippen LogP contribution in [0.15, 0.2) is 36.5 Å². The molecular formula is C12H13NO2. The number of fused-ring (bicyclic) bond motifs is 1. The van der Waals surface area contributed by atoms with Crippen LogP contribution in [0.3, 0.4) is 0 Å². The number of hydrogen-bond donors (Lipinski definition) is 0. The molecule has 0 fully saturated rings. The van der Waals surface area contributed by atoms with Crippen molar-refractivity contribution < 1.29 is 9.47 Å². The maximum absolute atomic E-state index is 5.37. The molecule has 3 heteroatoms. The monoisotopic (exact) mass is 203 g/mol. The second-order valence-electron chi connectivity index (χ2n) is 3.12. The summed E-state index contributed by atoms with van der Waals surface area (Å²) in [5, 5.41) is 1.08. The molecule has 0 spiro atoms. The van der Waals surface area contributed by atoms with E-state index in [9.17, 15) is 0 Å². The van der Waals surface area contributed by atoms with Crippen molar-refractivity contribution in [3.63, 3.8) is 0 Å². The summed E-state index contributed by atoms with van der Waals surface area (Å²) in [5.41, 5.74) is 0.973. The van der Waals surface area contributed by atoms with Crippen molar-refractivity contribution in [2.45, 2.75) is 6.92 Å². The molecule has 0 amide bonds. The summed E-state index contributed by atoms with van der Waals surface area (Å²) in [5.74, 6) is 0.738. The second kappa shape index (κ2) is 4.75. The van der Waals surface area contributed by atoms with Crippen molar-refractivity contribution in [3.05, 3.63) is 36.5 Å². The van der Waals surface area contributed by atoms with Gasteiger partial charge in [-0.3, -0.25) is 4.98 Å². The number of nitrogens with zero attached hydrogens (tertiary/aromatic N) is 1. The number of para-hydroxylation sites is 1. The van der Waals surface area contributed by atoms with Crippen molar-refractivity contribution in [1.29, 1.82) is 0 Å². The quantitative estimate of drug-likeness (QED) is 0.565. The van der Waals surface area contributed by atoms with Crippen LogP contribution < -0.4 is 4.74 Å². The van der Waals surface area contributed by atoms with Crippen LogP contribution in [0, 0.1) is 0 Å². The molecule has 2 rings (SSSR count). The Balaban J connectivity index is 2.16. The Hall–Kier alpha value is -1.61. The normalized spacial score (nSPS) is 10.5. The Morgan fingerprint density at radius 1 is 1.27 bits per heavy atom. The van der Waals surface area contributed by atoms with Crippen LogP contribution in [0.4, 0.5) is 0 Å². The van der Waals surface area contributed by atoms with E-state index in [-0.39, 0.29) is 6.79 Å². The van der Waals surface area contributed by atoms with Crippen LogP contribution in [-0.4, -0.2) is 18.4 Å². The standard InChI is InChI=1S/C12H13NO2/c1-2-14-9-15-11-7-10-5-3-4-6-12(10)13-8-11/h3-8H,2,9H2,1H3. The summed E-state index contributed by atoms with van der Waals surface area (Å²) >= 11 is 0. The van der Waals surface area contributed by atoms with Crippen LogP contribution >= 0.6 is 0 Å². The van der Waals surface area contributed by atoms with Crippen molar-refractivity contribution in [2.24, 2.45) is 0 Å². The maximum atomic E-state index is 5.37. The molecule has 0 saturated heterocycles. The van der Waals surface area contributed by atoms with Gasteiger partial charge in [0, 0.05) is 12.0 Å². The van der Waals surface area contributed by atoms with Crippen LogP contribution in [0.1, 0.15) is 6.92 Å². The summed E-state index contributed by atoms with van der Waals surface area (Å²) in [6.45, 7) is 2.86. The van der Waals surface area contributed by atoms with Gasteiger partial charge in [0.2, 0.25) is 0 Å². The van der Waals surface area contributed by atoms with Crippen molar-refractivity contribution in [3.8, 4) is 5.75 Å². The molecule has 15 heavy (non-hydrogen) atoms. The van der Waals surface area contributed by atoms with Gasteiger partial charge >= 0.3 is 0 Å². The van der Waals surface area contributed by atoms with Gasteiger partial charge in [-0.05, 0) is 19.1 Å². The van der Waals surface area contributed by atoms with E-state index in [4.69, 9.17) is 9.47 Å². The van der Waals surface area contributed by atoms with Gasteiger partial charge in [-0.2, -0.15) is 0 Å². The first kappa shape index (κ1) is 9.93. The van der Waals surface area contributed by atoms with E-state index in [0.717, 1.165) is 16.7 Å². The molecule has 78 valence electrons. The summed E-state index contributed by atoms with van der Waals surface area (Å²) in [6.07, 6.45) is 1.71. The molecule has 0 aliphatic heterocycles. The average Bonchev–Trinajstić information content (AvgIpc) is 2.29. The third-order valence-electron chi connectivity index (χ3n) is 2.08. The van der Waals surface area contributed by atoms with Gasteiger partial charge in [-0.1, -0.05) is 18.2 Å². The van der Waals surface area contributed by atoms with Gasteiger partial charge in [-0.15, -0.1) is 0 Å². The molecule has 0 unspecified atom stereocenters. The molecule has 1 heterocycles. The summed E-state index contributed by atoms with van der Waals surface area (Å²) in [6, 6.07) is 9.89. The van der Waals surface area contributed by atoms with Gasteiger partial charge < -0.3 is 9.47 Å². The lowest BCUT2D eigenvalue weighted by Crippen LogP contribution is -2.02. The Labute approximate surface area is 88.7 Å². The Bertz CT molecular complexity index is 442. The molecule has 2 aromatic rings. The first-order valence-corrected chi connectivity index (χ1v) is 4.95. The van der Waals surface area contributed by atoms with E-state index >= 15 is 0 Å². The topological polar surface area (TPSA) is 31.4 Å². The molecular weight excluding hydrogens is 190 g/mol. The Kier molecular flexibility index (Phi) is 3.15. The minimum absolute atomic E-state index is 0.274. The zero-order valence-corrected chi connectivity index (χ0v) is 8.64. The van der Waals surface area contributed by atoms with E-state index in [1.807, 2.05) is 37.3 Å². The number of rotatable bonds is 4. The lowest BCUT2D eigenvalue weighted by Gasteiger charge is -2.05. The zero-order valence-electron chi connectivity index (χ0n) is 8.64. The van der Waals surface area contributed by atoms with Gasteiger partial charge in [0.05, 0.1) is 11.7 Å². The summed E-state index contributed by atoms with van der Waals surface area (Å²) < 4.78 is 10.5. The van der Waals surface area contributed by atoms with Crippen molar-refractivity contribution in [2.75, 3.05) is 13.4 Å². The largest absolute Gasteiger partial charge is 0.466 e. The molecule has 3 nitrogen and oxygen atoms in total. The van der Waals surface area contributed by atoms with E-state index in [2.05, 4.69) is 4.98 Å². The number of ether oxygens (including phenoxy) is 2. The van der Waals surface area contributed by atoms with E-state index in [1.54, 1.807) is 6.20 Å². The lowest BCUT2D eigenvalue weighted by molar-refractivity contribution is 0.0223. The molecule has 0 aliphatic carbocycles. The minimum atomic E-state index is 0.274. The molecule has 0 aliphatic rings. The first-order valence-electron chi connectivity index (χ1n) is 4.95. The van der Waals surface area contributed by atoms with Gasteiger partial charge in [0.1, 0.15) is 5.75 Å². The predicted molar refractivity (Wildman–Crippen MR) is 58.9 cm³/mol. The van der Waals surface area contributed by atoms with Gasteiger partial charge in [-0.25, -0.2) is 0 Å².